The van der Waals surface area contributed by atoms with Crippen LogP contribution in [0.25, 0.3) is 0 Å². The van der Waals surface area contributed by atoms with E-state index in [0.717, 1.165) is 24.2 Å². The molecule has 0 aliphatic carbocycles. The number of amides is 1. The maximum atomic E-state index is 11.8. The third kappa shape index (κ3) is 6.49. The summed E-state index contributed by atoms with van der Waals surface area (Å²) in [5, 5.41) is 2.73. The first-order valence-electron chi connectivity index (χ1n) is 7.14. The highest BCUT2D eigenvalue weighted by Gasteiger charge is 2.16. The van der Waals surface area contributed by atoms with Gasteiger partial charge in [-0.05, 0) is 64.3 Å². The van der Waals surface area contributed by atoms with Crippen molar-refractivity contribution in [1.82, 2.24) is 0 Å². The highest BCUT2D eigenvalue weighted by molar-refractivity contribution is 5.85. The topological polar surface area (TPSA) is 73.6 Å². The molecule has 5 heteroatoms. The van der Waals surface area contributed by atoms with Gasteiger partial charge in [0.15, 0.2) is 0 Å². The van der Waals surface area contributed by atoms with Gasteiger partial charge >= 0.3 is 6.09 Å². The molecule has 21 heavy (non-hydrogen) atoms. The molecule has 0 aliphatic rings. The summed E-state index contributed by atoms with van der Waals surface area (Å²) in [7, 11) is 1.63. The van der Waals surface area contributed by atoms with Gasteiger partial charge in [0.05, 0.1) is 7.11 Å². The monoisotopic (exact) mass is 294 g/mol. The number of carbonyl (C=O) groups excluding carboxylic acids is 1. The number of benzene rings is 1. The largest absolute Gasteiger partial charge is 0.496 e. The number of rotatable bonds is 5. The Balaban J connectivity index is 2.79. The fourth-order valence-corrected chi connectivity index (χ4v) is 1.86. The lowest BCUT2D eigenvalue weighted by molar-refractivity contribution is 0.0636. The first kappa shape index (κ1) is 17.3. The van der Waals surface area contributed by atoms with E-state index in [1.54, 1.807) is 13.2 Å². The molecule has 1 aromatic carbocycles. The van der Waals surface area contributed by atoms with E-state index in [1.807, 2.05) is 39.8 Å². The summed E-state index contributed by atoms with van der Waals surface area (Å²) in [6.07, 6.45) is 1.18. The van der Waals surface area contributed by atoms with Crippen LogP contribution in [-0.4, -0.2) is 24.8 Å². The van der Waals surface area contributed by atoms with Gasteiger partial charge in [0, 0.05) is 11.7 Å². The van der Waals surface area contributed by atoms with E-state index in [4.69, 9.17) is 15.2 Å². The van der Waals surface area contributed by atoms with Crippen LogP contribution in [0, 0.1) is 0 Å². The number of aryl methyl sites for hydroxylation is 1. The first-order valence-corrected chi connectivity index (χ1v) is 7.14. The Kier molecular flexibility index (Phi) is 6.03. The Morgan fingerprint density at radius 1 is 1.38 bits per heavy atom. The number of ether oxygens (including phenoxy) is 2. The molecule has 0 radical (unpaired) electrons. The van der Waals surface area contributed by atoms with Gasteiger partial charge in [-0.15, -0.1) is 0 Å². The summed E-state index contributed by atoms with van der Waals surface area (Å²) < 4.78 is 10.6. The minimum atomic E-state index is -0.519. The molecule has 0 saturated heterocycles. The zero-order valence-electron chi connectivity index (χ0n) is 13.5. The van der Waals surface area contributed by atoms with E-state index in [-0.39, 0.29) is 6.04 Å². The Morgan fingerprint density at radius 2 is 2.05 bits per heavy atom. The molecule has 0 fully saturated rings. The standard InChI is InChI=1S/C16H26N2O3/c1-11(17)6-7-12-10-13(8-9-14(12)20-5)18-15(19)21-16(2,3)4/h8-11H,6-7,17H2,1-5H3,(H,18,19). The predicted octanol–water partition coefficient (Wildman–Crippen LogP) is 3.32. The molecule has 0 saturated carbocycles. The second kappa shape index (κ2) is 7.31. The van der Waals surface area contributed by atoms with E-state index in [9.17, 15) is 4.79 Å². The summed E-state index contributed by atoms with van der Waals surface area (Å²) in [5.41, 5.74) is 6.97. The number of nitrogens with two attached hydrogens (primary N) is 1. The molecule has 1 rings (SSSR count). The van der Waals surface area contributed by atoms with Crippen molar-refractivity contribution >= 4 is 11.8 Å². The second-order valence-corrected chi connectivity index (χ2v) is 6.17. The van der Waals surface area contributed by atoms with Crippen molar-refractivity contribution in [3.8, 4) is 5.75 Å². The van der Waals surface area contributed by atoms with E-state index in [0.29, 0.717) is 5.69 Å². The number of methoxy groups -OCH3 is 1. The van der Waals surface area contributed by atoms with Gasteiger partial charge in [-0.2, -0.15) is 0 Å². The third-order valence-electron chi connectivity index (χ3n) is 2.79. The molecule has 5 nitrogen and oxygen atoms in total. The van der Waals surface area contributed by atoms with Gasteiger partial charge in [0.1, 0.15) is 11.4 Å². The maximum Gasteiger partial charge on any atom is 0.412 e. The highest BCUT2D eigenvalue weighted by Crippen LogP contribution is 2.24. The number of hydrogen-bond acceptors (Lipinski definition) is 4. The molecule has 0 aromatic heterocycles. The number of hydrogen-bond donors (Lipinski definition) is 2. The van der Waals surface area contributed by atoms with E-state index in [2.05, 4.69) is 5.32 Å². The van der Waals surface area contributed by atoms with Gasteiger partial charge in [-0.3, -0.25) is 5.32 Å². The summed E-state index contributed by atoms with van der Waals surface area (Å²) in [6.45, 7) is 7.45. The van der Waals surface area contributed by atoms with Crippen molar-refractivity contribution < 1.29 is 14.3 Å². The van der Waals surface area contributed by atoms with Crippen molar-refractivity contribution in [3.05, 3.63) is 23.8 Å². The average Bonchev–Trinajstić information content (AvgIpc) is 2.34. The molecule has 3 N–H and O–H groups in total. The van der Waals surface area contributed by atoms with Crippen LogP contribution in [0.15, 0.2) is 18.2 Å². The van der Waals surface area contributed by atoms with Crippen LogP contribution in [0.4, 0.5) is 10.5 Å². The van der Waals surface area contributed by atoms with Crippen LogP contribution >= 0.6 is 0 Å². The van der Waals surface area contributed by atoms with Gasteiger partial charge in [-0.25, -0.2) is 4.79 Å². The molecule has 1 atom stereocenters. The zero-order valence-corrected chi connectivity index (χ0v) is 13.5. The molecule has 0 heterocycles. The number of nitrogens with one attached hydrogen (secondary N) is 1. The molecular weight excluding hydrogens is 268 g/mol. The lowest BCUT2D eigenvalue weighted by atomic mass is 10.0. The Bertz CT molecular complexity index is 479. The van der Waals surface area contributed by atoms with Crippen molar-refractivity contribution in [2.45, 2.75) is 52.2 Å². The molecule has 0 spiro atoms. The van der Waals surface area contributed by atoms with Crippen LogP contribution in [-0.2, 0) is 11.2 Å². The maximum absolute atomic E-state index is 11.8. The van der Waals surface area contributed by atoms with Crippen molar-refractivity contribution in [3.63, 3.8) is 0 Å². The normalized spacial score (nSPS) is 12.7. The van der Waals surface area contributed by atoms with Crippen LogP contribution in [0.2, 0.25) is 0 Å². The molecule has 0 bridgehead atoms. The zero-order chi connectivity index (χ0) is 16.0. The first-order chi connectivity index (χ1) is 9.71. The summed E-state index contributed by atoms with van der Waals surface area (Å²) in [6, 6.07) is 5.64. The summed E-state index contributed by atoms with van der Waals surface area (Å²) >= 11 is 0. The Morgan fingerprint density at radius 3 is 2.57 bits per heavy atom. The smallest absolute Gasteiger partial charge is 0.412 e. The average molecular weight is 294 g/mol. The van der Waals surface area contributed by atoms with Crippen LogP contribution in [0.5, 0.6) is 5.75 Å². The lowest BCUT2D eigenvalue weighted by Gasteiger charge is -2.20. The summed E-state index contributed by atoms with van der Waals surface area (Å²) in [4.78, 5) is 11.8. The van der Waals surface area contributed by atoms with E-state index < -0.39 is 11.7 Å². The third-order valence-corrected chi connectivity index (χ3v) is 2.79. The number of carbonyl (C=O) groups is 1. The highest BCUT2D eigenvalue weighted by atomic mass is 16.6. The fraction of sp³-hybridized carbons (Fsp3) is 0.562. The fourth-order valence-electron chi connectivity index (χ4n) is 1.86. The van der Waals surface area contributed by atoms with Crippen LogP contribution < -0.4 is 15.8 Å². The Hall–Kier alpha value is -1.75. The molecule has 118 valence electrons. The van der Waals surface area contributed by atoms with Crippen molar-refractivity contribution in [2.75, 3.05) is 12.4 Å². The van der Waals surface area contributed by atoms with Gasteiger partial charge in [0.25, 0.3) is 0 Å². The van der Waals surface area contributed by atoms with E-state index in [1.165, 1.54) is 0 Å². The molecule has 1 unspecified atom stereocenters. The van der Waals surface area contributed by atoms with Gasteiger partial charge in [-0.1, -0.05) is 0 Å². The van der Waals surface area contributed by atoms with E-state index >= 15 is 0 Å². The second-order valence-electron chi connectivity index (χ2n) is 6.17. The minimum absolute atomic E-state index is 0.122. The van der Waals surface area contributed by atoms with Crippen molar-refractivity contribution in [1.29, 1.82) is 0 Å². The van der Waals surface area contributed by atoms with Gasteiger partial charge < -0.3 is 15.2 Å². The molecule has 1 amide bonds. The van der Waals surface area contributed by atoms with Crippen LogP contribution in [0.3, 0.4) is 0 Å². The predicted molar refractivity (Wildman–Crippen MR) is 84.8 cm³/mol. The van der Waals surface area contributed by atoms with Gasteiger partial charge in [0.2, 0.25) is 0 Å². The SMILES string of the molecule is COc1ccc(NC(=O)OC(C)(C)C)cc1CCC(C)N. The van der Waals surface area contributed by atoms with Crippen molar-refractivity contribution in [2.24, 2.45) is 5.73 Å². The Labute approximate surface area is 126 Å². The minimum Gasteiger partial charge on any atom is -0.496 e. The lowest BCUT2D eigenvalue weighted by Crippen LogP contribution is -2.27. The molecule has 0 aliphatic heterocycles. The summed E-state index contributed by atoms with van der Waals surface area (Å²) in [5.74, 6) is 0.797. The van der Waals surface area contributed by atoms with Crippen LogP contribution in [0.1, 0.15) is 39.7 Å². The molecule has 1 aromatic rings. The molecular formula is C16H26N2O3. The quantitative estimate of drug-likeness (QED) is 0.873. The number of anilines is 1.